The summed E-state index contributed by atoms with van der Waals surface area (Å²) in [7, 11) is 1.91. The summed E-state index contributed by atoms with van der Waals surface area (Å²) in [6.45, 7) is 3.47. The number of hydrogen-bond acceptors (Lipinski definition) is 14. The van der Waals surface area contributed by atoms with E-state index in [2.05, 4.69) is 4.90 Å². The van der Waals surface area contributed by atoms with Crippen LogP contribution in [-0.2, 0) is 59.6 Å². The van der Waals surface area contributed by atoms with Crippen LogP contribution < -0.4 is 4.74 Å². The lowest BCUT2D eigenvalue weighted by Gasteiger charge is -2.61. The maximum Gasteiger partial charge on any atom is 0.490 e. The minimum Gasteiger partial charge on any atom is -0.504 e. The van der Waals surface area contributed by atoms with E-state index in [-0.39, 0.29) is 29.7 Å². The Bertz CT molecular complexity index is 1610. The summed E-state index contributed by atoms with van der Waals surface area (Å²) in [5, 5.41) is 39.1. The number of phenols is 1. The molecule has 2 bridgehead atoms. The number of benzene rings is 1. The van der Waals surface area contributed by atoms with Crippen molar-refractivity contribution in [1.82, 2.24) is 4.90 Å². The number of carboxylic acids is 2. The molecule has 19 heteroatoms. The Morgan fingerprint density at radius 3 is 2.10 bits per heavy atom. The second-order valence-electron chi connectivity index (χ2n) is 11.8. The van der Waals surface area contributed by atoms with E-state index in [1.54, 1.807) is 6.07 Å². The van der Waals surface area contributed by atoms with Gasteiger partial charge in [0.05, 0.1) is 11.0 Å². The number of nitrogens with zero attached hydrogens (tertiary/aromatic N) is 1. The molecule has 1 saturated heterocycles. The molecule has 1 spiro atoms. The number of aliphatic hydroxyl groups is 1. The van der Waals surface area contributed by atoms with Crippen molar-refractivity contribution in [2.75, 3.05) is 13.6 Å². The molecule has 0 radical (unpaired) electrons. The van der Waals surface area contributed by atoms with Crippen molar-refractivity contribution >= 4 is 35.8 Å². The van der Waals surface area contributed by atoms with Crippen LogP contribution in [0.2, 0.25) is 0 Å². The molecule has 268 valence electrons. The number of carbonyl (C=O) groups is 6. The molecule has 1 aromatic rings. The summed E-state index contributed by atoms with van der Waals surface area (Å²) >= 11 is 0. The van der Waals surface area contributed by atoms with Gasteiger partial charge in [0, 0.05) is 31.9 Å². The fourth-order valence-corrected chi connectivity index (χ4v) is 6.73. The average Bonchev–Trinajstić information content (AvgIpc) is 3.35. The number of halogens is 3. The van der Waals surface area contributed by atoms with Crippen molar-refractivity contribution in [2.45, 2.75) is 87.7 Å². The highest BCUT2D eigenvalue weighted by Crippen LogP contribution is 2.65. The van der Waals surface area contributed by atoms with Crippen LogP contribution in [0.5, 0.6) is 11.5 Å². The van der Waals surface area contributed by atoms with Gasteiger partial charge < -0.3 is 49.0 Å². The minimum absolute atomic E-state index is 0.0444. The fraction of sp³-hybridized carbons (Fsp3) is 0.533. The average molecular weight is 704 g/mol. The monoisotopic (exact) mass is 703 g/mol. The van der Waals surface area contributed by atoms with Crippen LogP contribution in [0.3, 0.4) is 0 Å². The predicted octanol–water partition coefficient (Wildman–Crippen LogP) is 0.726. The highest BCUT2D eigenvalue weighted by molar-refractivity contribution is 5.90. The van der Waals surface area contributed by atoms with Crippen LogP contribution in [0.4, 0.5) is 13.2 Å². The summed E-state index contributed by atoms with van der Waals surface area (Å²) in [5.74, 6) is -9.21. The molecule has 0 amide bonds. The molecule has 7 atom stereocenters. The minimum atomic E-state index is -5.08. The van der Waals surface area contributed by atoms with Crippen molar-refractivity contribution in [3.05, 3.63) is 35.1 Å². The molecule has 49 heavy (non-hydrogen) atoms. The molecule has 1 fully saturated rings. The zero-order valence-corrected chi connectivity index (χ0v) is 26.3. The number of piperidine rings is 1. The van der Waals surface area contributed by atoms with Gasteiger partial charge in [0.2, 0.25) is 12.2 Å². The maximum absolute atomic E-state index is 13.6. The Kier molecular flexibility index (Phi) is 9.93. The van der Waals surface area contributed by atoms with Gasteiger partial charge in [-0.05, 0) is 51.1 Å². The molecular formula is C30H32F3NO15. The van der Waals surface area contributed by atoms with Crippen molar-refractivity contribution < 1.29 is 86.0 Å². The van der Waals surface area contributed by atoms with E-state index >= 15 is 0 Å². The molecule has 5 rings (SSSR count). The molecule has 1 aromatic carbocycles. The van der Waals surface area contributed by atoms with Gasteiger partial charge in [-0.25, -0.2) is 19.2 Å². The Labute approximate surface area is 274 Å². The summed E-state index contributed by atoms with van der Waals surface area (Å²) in [6.07, 6.45) is -9.81. The molecule has 4 N–H and O–H groups in total. The lowest BCUT2D eigenvalue weighted by molar-refractivity contribution is -0.194. The highest BCUT2D eigenvalue weighted by Gasteiger charge is 2.72. The Morgan fingerprint density at radius 2 is 1.57 bits per heavy atom. The Morgan fingerprint density at radius 1 is 1.00 bits per heavy atom. The Hall–Kier alpha value is -4.91. The summed E-state index contributed by atoms with van der Waals surface area (Å²) in [6, 6.07) is 2.98. The van der Waals surface area contributed by atoms with Crippen LogP contribution in [0.1, 0.15) is 44.7 Å². The van der Waals surface area contributed by atoms with Crippen molar-refractivity contribution in [3.63, 3.8) is 0 Å². The first-order chi connectivity index (χ1) is 22.6. The normalized spacial score (nSPS) is 26.5. The van der Waals surface area contributed by atoms with E-state index in [9.17, 15) is 47.4 Å². The number of esters is 4. The molecule has 2 aliphatic carbocycles. The zero-order chi connectivity index (χ0) is 36.8. The first kappa shape index (κ1) is 36.9. The van der Waals surface area contributed by atoms with E-state index in [0.29, 0.717) is 24.9 Å². The molecule has 0 saturated carbocycles. The number of rotatable bonds is 8. The van der Waals surface area contributed by atoms with Crippen molar-refractivity contribution in [1.29, 1.82) is 0 Å². The van der Waals surface area contributed by atoms with Crippen LogP contribution in [0.25, 0.3) is 0 Å². The largest absolute Gasteiger partial charge is 0.504 e. The number of alkyl halides is 3. The van der Waals surface area contributed by atoms with Crippen LogP contribution in [-0.4, -0.2) is 117 Å². The second-order valence-corrected chi connectivity index (χ2v) is 11.8. The van der Waals surface area contributed by atoms with E-state index in [1.807, 2.05) is 7.05 Å². The standard InChI is InChI=1S/C28H31NO13.C2HF3O2/c1-12(24(33)34)38-25(35)21(39-13(2)30)22(40-14(3)31)26(36)41-17-7-8-28(37)18-11-15-5-6-16(32)20-19(15)27(28,23(17)42-20)9-10-29(18)4;3-2(4,5)1(6)7/h5-7,12,18,21-23,32,37H,8-11H2,1-4H3,(H,33,34);(H,6,7)/t12?,18-,21?,22?,23+,27+,28-;/m1./s1. The van der Waals surface area contributed by atoms with Crippen LogP contribution in [0.15, 0.2) is 24.0 Å². The fourth-order valence-electron chi connectivity index (χ4n) is 6.73. The number of aliphatic carboxylic acids is 2. The number of carboxylic acid groups (broad SMARTS) is 2. The zero-order valence-electron chi connectivity index (χ0n) is 26.3. The SMILES string of the molecule is CC(=O)OC(C(=O)OC1=CC[C@@]2(O)[C@H]3Cc4ccc(O)c5c4[C@@]2(CCN3C)[C@H]1O5)C(OC(C)=O)C(=O)OC(C)C(=O)O.O=C(O)C(F)(F)F. The first-order valence-electron chi connectivity index (χ1n) is 14.6. The first-order valence-corrected chi connectivity index (χ1v) is 14.6. The third-order valence-electron chi connectivity index (χ3n) is 8.78. The molecular weight excluding hydrogens is 671 g/mol. The number of hydrogen-bond donors (Lipinski definition) is 4. The molecule has 16 nitrogen and oxygen atoms in total. The smallest absolute Gasteiger partial charge is 0.490 e. The van der Waals surface area contributed by atoms with Crippen LogP contribution >= 0.6 is 0 Å². The number of aromatic hydroxyl groups is 1. The van der Waals surface area contributed by atoms with Crippen molar-refractivity contribution in [3.8, 4) is 11.5 Å². The highest BCUT2D eigenvalue weighted by atomic mass is 19.4. The third kappa shape index (κ3) is 6.59. The molecule has 0 aromatic heterocycles. The van der Waals surface area contributed by atoms with E-state index in [1.165, 1.54) is 12.1 Å². The Balaban J connectivity index is 0.000000698. The number of ether oxygens (including phenoxy) is 5. The number of likely N-dealkylation sites (tertiary alicyclic amines) is 1. The molecule has 4 aliphatic rings. The van der Waals surface area contributed by atoms with E-state index < -0.39 is 77.4 Å². The van der Waals surface area contributed by atoms with Gasteiger partial charge in [-0.2, -0.15) is 13.2 Å². The van der Waals surface area contributed by atoms with Gasteiger partial charge in [0.1, 0.15) is 5.76 Å². The van der Waals surface area contributed by atoms with Crippen molar-refractivity contribution in [2.24, 2.45) is 0 Å². The quantitative estimate of drug-likeness (QED) is 0.216. The molecule has 2 heterocycles. The third-order valence-corrected chi connectivity index (χ3v) is 8.78. The maximum atomic E-state index is 13.6. The number of phenolic OH excluding ortho intramolecular Hbond substituents is 1. The molecule has 3 unspecified atom stereocenters. The predicted molar refractivity (Wildman–Crippen MR) is 151 cm³/mol. The molecule has 2 aliphatic heterocycles. The van der Waals surface area contributed by atoms with E-state index in [4.69, 9.17) is 38.7 Å². The van der Waals surface area contributed by atoms with Crippen LogP contribution in [0, 0.1) is 0 Å². The van der Waals surface area contributed by atoms with Gasteiger partial charge in [-0.1, -0.05) is 6.07 Å². The lowest BCUT2D eigenvalue weighted by atomic mass is 9.50. The van der Waals surface area contributed by atoms with E-state index in [0.717, 1.165) is 26.3 Å². The number of likely N-dealkylation sites (N-methyl/N-ethyl adjacent to an activating group) is 1. The topological polar surface area (TPSA) is 233 Å². The second kappa shape index (κ2) is 13.2. The van der Waals surface area contributed by atoms with Gasteiger partial charge in [0.25, 0.3) is 0 Å². The number of carbonyl (C=O) groups excluding carboxylic acids is 4. The van der Waals surface area contributed by atoms with Gasteiger partial charge in [0.15, 0.2) is 23.7 Å². The lowest BCUT2D eigenvalue weighted by Crippen LogP contribution is -2.74. The summed E-state index contributed by atoms with van der Waals surface area (Å²) in [4.78, 5) is 72.3. The van der Waals surface area contributed by atoms with Gasteiger partial charge in [-0.15, -0.1) is 0 Å². The van der Waals surface area contributed by atoms with Gasteiger partial charge in [-0.3, -0.25) is 9.59 Å². The summed E-state index contributed by atoms with van der Waals surface area (Å²) < 4.78 is 58.4. The van der Waals surface area contributed by atoms with Gasteiger partial charge >= 0.3 is 42.0 Å². The summed E-state index contributed by atoms with van der Waals surface area (Å²) in [5.41, 5.74) is -0.930.